The van der Waals surface area contributed by atoms with Crippen LogP contribution >= 0.6 is 0 Å². The van der Waals surface area contributed by atoms with Gasteiger partial charge in [-0.3, -0.25) is 4.79 Å². The Balaban J connectivity index is 1.65. The first-order valence-electron chi connectivity index (χ1n) is 9.20. The molecule has 0 radical (unpaired) electrons. The summed E-state index contributed by atoms with van der Waals surface area (Å²) in [5, 5.41) is 3.01. The summed E-state index contributed by atoms with van der Waals surface area (Å²) in [6.45, 7) is 2.12. The molecule has 1 aromatic carbocycles. The second kappa shape index (κ2) is 7.97. The van der Waals surface area contributed by atoms with Crippen molar-refractivity contribution in [2.45, 2.75) is 63.1 Å². The van der Waals surface area contributed by atoms with Crippen molar-refractivity contribution in [1.29, 1.82) is 0 Å². The lowest BCUT2D eigenvalue weighted by Gasteiger charge is -2.36. The Bertz CT molecular complexity index is 599. The average molecular weight is 345 g/mol. The predicted molar refractivity (Wildman–Crippen MR) is 94.5 cm³/mol. The molecule has 2 aliphatic rings. The maximum atomic E-state index is 12.8. The van der Waals surface area contributed by atoms with E-state index in [4.69, 9.17) is 4.74 Å². The van der Waals surface area contributed by atoms with E-state index in [0.717, 1.165) is 24.8 Å². The molecule has 0 aromatic heterocycles. The zero-order chi connectivity index (χ0) is 17.7. The summed E-state index contributed by atoms with van der Waals surface area (Å²) in [5.74, 6) is -0.436. The van der Waals surface area contributed by atoms with Gasteiger partial charge in [0.15, 0.2) is 0 Å². The van der Waals surface area contributed by atoms with Crippen molar-refractivity contribution in [2.24, 2.45) is 0 Å². The molecule has 6 nitrogen and oxygen atoms in total. The minimum atomic E-state index is -0.863. The molecule has 1 amide bonds. The standard InChI is InChI=1S/C19H27N3O3/c1-2-25-18(24)19(11-7-4-8-12-19)20-17(23)16-13-15(21-22-16)14-9-5-3-6-10-14/h3,5-6,9-10,15-16,21-22H,2,4,7-8,11-13H2,1H3,(H,20,23). The lowest BCUT2D eigenvalue weighted by Crippen LogP contribution is -2.59. The highest BCUT2D eigenvalue weighted by Gasteiger charge is 2.44. The van der Waals surface area contributed by atoms with Crippen LogP contribution in [0.5, 0.6) is 0 Å². The first-order chi connectivity index (χ1) is 12.1. The number of hydrazine groups is 1. The number of amides is 1. The summed E-state index contributed by atoms with van der Waals surface area (Å²) in [6, 6.07) is 9.76. The molecule has 1 aliphatic heterocycles. The first kappa shape index (κ1) is 17.9. The smallest absolute Gasteiger partial charge is 0.331 e. The number of hydrogen-bond acceptors (Lipinski definition) is 5. The molecule has 1 saturated heterocycles. The Labute approximate surface area is 148 Å². The highest BCUT2D eigenvalue weighted by molar-refractivity contribution is 5.90. The molecule has 2 fully saturated rings. The van der Waals surface area contributed by atoms with Crippen molar-refractivity contribution in [3.8, 4) is 0 Å². The van der Waals surface area contributed by atoms with Gasteiger partial charge < -0.3 is 10.1 Å². The van der Waals surface area contributed by atoms with Gasteiger partial charge in [-0.1, -0.05) is 49.6 Å². The van der Waals surface area contributed by atoms with Crippen molar-refractivity contribution in [3.05, 3.63) is 35.9 Å². The van der Waals surface area contributed by atoms with Gasteiger partial charge in [-0.05, 0) is 31.7 Å². The average Bonchev–Trinajstić information content (AvgIpc) is 3.14. The molecule has 6 heteroatoms. The van der Waals surface area contributed by atoms with E-state index >= 15 is 0 Å². The first-order valence-corrected chi connectivity index (χ1v) is 9.20. The Morgan fingerprint density at radius 2 is 1.88 bits per heavy atom. The largest absolute Gasteiger partial charge is 0.464 e. The van der Waals surface area contributed by atoms with Crippen molar-refractivity contribution in [2.75, 3.05) is 6.61 Å². The predicted octanol–water partition coefficient (Wildman–Crippen LogP) is 1.98. The summed E-state index contributed by atoms with van der Waals surface area (Å²) in [4.78, 5) is 25.3. The van der Waals surface area contributed by atoms with Crippen molar-refractivity contribution in [3.63, 3.8) is 0 Å². The van der Waals surface area contributed by atoms with Crippen molar-refractivity contribution in [1.82, 2.24) is 16.2 Å². The summed E-state index contributed by atoms with van der Waals surface area (Å²) in [6.07, 6.45) is 4.91. The van der Waals surface area contributed by atoms with E-state index in [-0.39, 0.29) is 24.0 Å². The highest BCUT2D eigenvalue weighted by Crippen LogP contribution is 2.30. The van der Waals surface area contributed by atoms with Crippen molar-refractivity contribution >= 4 is 11.9 Å². The van der Waals surface area contributed by atoms with E-state index in [0.29, 0.717) is 25.9 Å². The fraction of sp³-hybridized carbons (Fsp3) is 0.579. The Morgan fingerprint density at radius 3 is 2.56 bits per heavy atom. The fourth-order valence-electron chi connectivity index (χ4n) is 3.76. The topological polar surface area (TPSA) is 79.5 Å². The van der Waals surface area contributed by atoms with Gasteiger partial charge in [0, 0.05) is 6.04 Å². The van der Waals surface area contributed by atoms with E-state index in [2.05, 4.69) is 16.2 Å². The maximum absolute atomic E-state index is 12.8. The van der Waals surface area contributed by atoms with E-state index in [1.807, 2.05) is 30.3 Å². The van der Waals surface area contributed by atoms with Crippen LogP contribution in [0.1, 0.15) is 57.1 Å². The van der Waals surface area contributed by atoms with Crippen LogP contribution in [0.3, 0.4) is 0 Å². The van der Waals surface area contributed by atoms with Gasteiger partial charge in [-0.2, -0.15) is 0 Å². The summed E-state index contributed by atoms with van der Waals surface area (Å²) in [7, 11) is 0. The van der Waals surface area contributed by atoms with Crippen LogP contribution in [0.4, 0.5) is 0 Å². The molecule has 1 aliphatic carbocycles. The van der Waals surface area contributed by atoms with Crippen LogP contribution in [0.15, 0.2) is 30.3 Å². The van der Waals surface area contributed by atoms with Crippen molar-refractivity contribution < 1.29 is 14.3 Å². The summed E-state index contributed by atoms with van der Waals surface area (Å²) >= 11 is 0. The highest BCUT2D eigenvalue weighted by atomic mass is 16.5. The Kier molecular flexibility index (Phi) is 5.71. The van der Waals surface area contributed by atoms with E-state index < -0.39 is 5.54 Å². The molecule has 1 saturated carbocycles. The molecule has 3 N–H and O–H groups in total. The van der Waals surface area contributed by atoms with E-state index in [1.165, 1.54) is 0 Å². The van der Waals surface area contributed by atoms with Gasteiger partial charge in [-0.15, -0.1) is 0 Å². The van der Waals surface area contributed by atoms with Crippen LogP contribution in [-0.2, 0) is 14.3 Å². The number of rotatable bonds is 5. The maximum Gasteiger partial charge on any atom is 0.331 e. The molecule has 2 atom stereocenters. The zero-order valence-corrected chi connectivity index (χ0v) is 14.7. The van der Waals surface area contributed by atoms with Crippen LogP contribution < -0.4 is 16.2 Å². The third kappa shape index (κ3) is 4.02. The molecule has 0 spiro atoms. The summed E-state index contributed by atoms with van der Waals surface area (Å²) < 4.78 is 5.25. The monoisotopic (exact) mass is 345 g/mol. The number of carbonyl (C=O) groups is 2. The van der Waals surface area contributed by atoms with E-state index in [9.17, 15) is 9.59 Å². The molecule has 2 unspecified atom stereocenters. The van der Waals surface area contributed by atoms with Gasteiger partial charge in [0.1, 0.15) is 11.6 Å². The molecule has 3 rings (SSSR count). The SMILES string of the molecule is CCOC(=O)C1(NC(=O)C2CC(c3ccccc3)NN2)CCCCC1. The number of ether oxygens (including phenoxy) is 1. The van der Waals surface area contributed by atoms with Gasteiger partial charge in [0.2, 0.25) is 5.91 Å². The second-order valence-corrected chi connectivity index (χ2v) is 6.89. The molecule has 1 aromatic rings. The van der Waals surface area contributed by atoms with E-state index in [1.54, 1.807) is 6.92 Å². The molecular weight excluding hydrogens is 318 g/mol. The van der Waals surface area contributed by atoms with Crippen LogP contribution in [0.25, 0.3) is 0 Å². The lowest BCUT2D eigenvalue weighted by molar-refractivity contribution is -0.155. The molecular formula is C19H27N3O3. The number of hydrogen-bond donors (Lipinski definition) is 3. The van der Waals surface area contributed by atoms with Crippen LogP contribution in [0.2, 0.25) is 0 Å². The number of nitrogens with one attached hydrogen (secondary N) is 3. The van der Waals surface area contributed by atoms with Gasteiger partial charge in [0.25, 0.3) is 0 Å². The third-order valence-electron chi connectivity index (χ3n) is 5.16. The Morgan fingerprint density at radius 1 is 1.16 bits per heavy atom. The Hall–Kier alpha value is -1.92. The molecule has 25 heavy (non-hydrogen) atoms. The summed E-state index contributed by atoms with van der Waals surface area (Å²) in [5.41, 5.74) is 6.53. The van der Waals surface area contributed by atoms with Gasteiger partial charge in [-0.25, -0.2) is 15.6 Å². The van der Waals surface area contributed by atoms with Gasteiger partial charge in [0.05, 0.1) is 6.61 Å². The van der Waals surface area contributed by atoms with Crippen LogP contribution in [-0.4, -0.2) is 30.1 Å². The fourth-order valence-corrected chi connectivity index (χ4v) is 3.76. The third-order valence-corrected chi connectivity index (χ3v) is 5.16. The number of esters is 1. The normalized spacial score (nSPS) is 25.3. The minimum absolute atomic E-state index is 0.0850. The lowest BCUT2D eigenvalue weighted by atomic mass is 9.81. The second-order valence-electron chi connectivity index (χ2n) is 6.89. The minimum Gasteiger partial charge on any atom is -0.464 e. The zero-order valence-electron chi connectivity index (χ0n) is 14.7. The molecule has 1 heterocycles. The number of benzene rings is 1. The number of carbonyl (C=O) groups excluding carboxylic acids is 2. The quantitative estimate of drug-likeness (QED) is 0.711. The molecule has 136 valence electrons. The van der Waals surface area contributed by atoms with Crippen LogP contribution in [0, 0.1) is 0 Å². The molecule has 0 bridgehead atoms. The van der Waals surface area contributed by atoms with Gasteiger partial charge >= 0.3 is 5.97 Å².